The van der Waals surface area contributed by atoms with Crippen molar-refractivity contribution >= 4 is 5.69 Å². The molecule has 24 heavy (non-hydrogen) atoms. The van der Waals surface area contributed by atoms with Crippen molar-refractivity contribution in [2.45, 2.75) is 12.5 Å². The maximum Gasteiger partial charge on any atom is 0.118 e. The fraction of sp³-hybridized carbons (Fsp3) is 0.143. The molecule has 0 aliphatic carbocycles. The number of hydrogen-bond donors (Lipinski definition) is 1. The lowest BCUT2D eigenvalue weighted by molar-refractivity contribution is 0.215. The van der Waals surface area contributed by atoms with Crippen LogP contribution < -0.4 is 9.80 Å². The van der Waals surface area contributed by atoms with Crippen LogP contribution >= 0.6 is 0 Å². The first-order valence-corrected chi connectivity index (χ1v) is 7.99. The summed E-state index contributed by atoms with van der Waals surface area (Å²) in [5.41, 5.74) is 2.98. The number of nitrogens with zero attached hydrogens (tertiary/aromatic N) is 1. The van der Waals surface area contributed by atoms with Gasteiger partial charge < -0.3 is 4.74 Å². The molecule has 0 bridgehead atoms. The van der Waals surface area contributed by atoms with E-state index in [1.165, 1.54) is 10.6 Å². The van der Waals surface area contributed by atoms with Gasteiger partial charge in [0.1, 0.15) is 5.75 Å². The molecule has 0 saturated carbocycles. The van der Waals surface area contributed by atoms with E-state index in [4.69, 9.17) is 4.74 Å². The second kappa shape index (κ2) is 7.66. The number of para-hydroxylation sites is 1. The number of anilines is 1. The van der Waals surface area contributed by atoms with Gasteiger partial charge in [0.2, 0.25) is 0 Å². The lowest BCUT2D eigenvalue weighted by Crippen LogP contribution is -2.26. The number of benzene rings is 3. The van der Waals surface area contributed by atoms with Gasteiger partial charge in [-0.25, -0.2) is 5.06 Å². The number of hydroxylamine groups is 1. The van der Waals surface area contributed by atoms with Crippen molar-refractivity contribution in [1.29, 1.82) is 0 Å². The van der Waals surface area contributed by atoms with Crippen LogP contribution in [0.5, 0.6) is 5.75 Å². The van der Waals surface area contributed by atoms with E-state index >= 15 is 0 Å². The molecule has 122 valence electrons. The third kappa shape index (κ3) is 3.76. The second-order valence-electron chi connectivity index (χ2n) is 5.66. The van der Waals surface area contributed by atoms with Gasteiger partial charge >= 0.3 is 0 Å². The maximum atomic E-state index is 10.8. The van der Waals surface area contributed by atoms with Crippen LogP contribution in [0.25, 0.3) is 0 Å². The molecule has 0 radical (unpaired) electrons. The Morgan fingerprint density at radius 3 is 2.00 bits per heavy atom. The molecule has 3 nitrogen and oxygen atoms in total. The maximum absolute atomic E-state index is 10.8. The van der Waals surface area contributed by atoms with Crippen molar-refractivity contribution < 1.29 is 9.94 Å². The van der Waals surface area contributed by atoms with Crippen molar-refractivity contribution in [1.82, 2.24) is 0 Å². The predicted molar refractivity (Wildman–Crippen MR) is 96.6 cm³/mol. The second-order valence-corrected chi connectivity index (χ2v) is 5.66. The van der Waals surface area contributed by atoms with Gasteiger partial charge in [-0.05, 0) is 41.8 Å². The molecule has 1 unspecified atom stereocenters. The molecular formula is C21H21NO2. The Labute approximate surface area is 142 Å². The first kappa shape index (κ1) is 16.1. The van der Waals surface area contributed by atoms with Crippen molar-refractivity contribution in [3.05, 3.63) is 96.1 Å². The number of rotatable bonds is 6. The van der Waals surface area contributed by atoms with Crippen LogP contribution in [0.15, 0.2) is 84.9 Å². The minimum Gasteiger partial charge on any atom is -0.497 e. The minimum absolute atomic E-state index is 0.180. The van der Waals surface area contributed by atoms with Gasteiger partial charge in [0.25, 0.3) is 0 Å². The van der Waals surface area contributed by atoms with Crippen LogP contribution in [0.4, 0.5) is 5.69 Å². The molecule has 0 aliphatic heterocycles. The first-order chi connectivity index (χ1) is 11.8. The highest BCUT2D eigenvalue weighted by atomic mass is 16.5. The molecule has 1 atom stereocenters. The van der Waals surface area contributed by atoms with E-state index in [-0.39, 0.29) is 6.04 Å². The Morgan fingerprint density at radius 1 is 0.833 bits per heavy atom. The van der Waals surface area contributed by atoms with Gasteiger partial charge in [-0.2, -0.15) is 0 Å². The molecule has 3 rings (SSSR count). The standard InChI is InChI=1S/C21H21NO2/c1-24-20-14-12-18(13-15-20)21(16-17-8-4-2-5-9-17)22(23)19-10-6-3-7-11-19/h2-15,21,23H,16H2,1H3. The van der Waals surface area contributed by atoms with Gasteiger partial charge in [-0.15, -0.1) is 0 Å². The summed E-state index contributed by atoms with van der Waals surface area (Å²) in [4.78, 5) is 0. The van der Waals surface area contributed by atoms with E-state index < -0.39 is 0 Å². The Balaban J connectivity index is 1.93. The molecule has 0 saturated heterocycles. The summed E-state index contributed by atoms with van der Waals surface area (Å²) in [5, 5.41) is 12.2. The van der Waals surface area contributed by atoms with Crippen molar-refractivity contribution in [2.24, 2.45) is 0 Å². The molecule has 0 aliphatic rings. The zero-order valence-electron chi connectivity index (χ0n) is 13.7. The lowest BCUT2D eigenvalue weighted by atomic mass is 9.98. The molecule has 0 heterocycles. The van der Waals surface area contributed by atoms with Crippen LogP contribution in [0.2, 0.25) is 0 Å². The minimum atomic E-state index is -0.180. The number of ether oxygens (including phenoxy) is 1. The molecular weight excluding hydrogens is 298 g/mol. The highest BCUT2D eigenvalue weighted by molar-refractivity contribution is 5.46. The largest absolute Gasteiger partial charge is 0.497 e. The van der Waals surface area contributed by atoms with E-state index in [9.17, 15) is 5.21 Å². The summed E-state index contributed by atoms with van der Waals surface area (Å²) in [6.45, 7) is 0. The van der Waals surface area contributed by atoms with Crippen molar-refractivity contribution in [3.63, 3.8) is 0 Å². The molecule has 0 fully saturated rings. The third-order valence-electron chi connectivity index (χ3n) is 4.09. The third-order valence-corrected chi connectivity index (χ3v) is 4.09. The van der Waals surface area contributed by atoms with Crippen LogP contribution in [0.1, 0.15) is 17.2 Å². The highest BCUT2D eigenvalue weighted by Crippen LogP contribution is 2.29. The lowest BCUT2D eigenvalue weighted by Gasteiger charge is -2.28. The van der Waals surface area contributed by atoms with Crippen molar-refractivity contribution in [3.8, 4) is 5.75 Å². The zero-order chi connectivity index (χ0) is 16.8. The summed E-state index contributed by atoms with van der Waals surface area (Å²) in [6.07, 6.45) is 0.707. The van der Waals surface area contributed by atoms with Gasteiger partial charge in [-0.1, -0.05) is 60.7 Å². The molecule has 3 aromatic carbocycles. The van der Waals surface area contributed by atoms with E-state index in [1.54, 1.807) is 7.11 Å². The number of hydrogen-bond acceptors (Lipinski definition) is 3. The molecule has 0 amide bonds. The average molecular weight is 319 g/mol. The fourth-order valence-electron chi connectivity index (χ4n) is 2.77. The topological polar surface area (TPSA) is 32.7 Å². The normalized spacial score (nSPS) is 11.8. The smallest absolute Gasteiger partial charge is 0.118 e. The van der Waals surface area contributed by atoms with E-state index in [0.717, 1.165) is 17.0 Å². The Kier molecular flexibility index (Phi) is 5.14. The Morgan fingerprint density at radius 2 is 1.42 bits per heavy atom. The molecule has 3 heteroatoms. The quantitative estimate of drug-likeness (QED) is 0.658. The van der Waals surface area contributed by atoms with E-state index in [1.807, 2.05) is 72.8 Å². The first-order valence-electron chi connectivity index (χ1n) is 7.99. The van der Waals surface area contributed by atoms with Crippen LogP contribution in [-0.4, -0.2) is 12.3 Å². The van der Waals surface area contributed by atoms with Gasteiger partial charge in [0.15, 0.2) is 0 Å². The molecule has 0 aromatic heterocycles. The fourth-order valence-corrected chi connectivity index (χ4v) is 2.77. The SMILES string of the molecule is COc1ccc(C(Cc2ccccc2)N(O)c2ccccc2)cc1. The summed E-state index contributed by atoms with van der Waals surface area (Å²) in [5.74, 6) is 0.807. The van der Waals surface area contributed by atoms with Crippen LogP contribution in [-0.2, 0) is 6.42 Å². The monoisotopic (exact) mass is 319 g/mol. The highest BCUT2D eigenvalue weighted by Gasteiger charge is 2.20. The number of methoxy groups -OCH3 is 1. The predicted octanol–water partition coefficient (Wildman–Crippen LogP) is 4.87. The Bertz CT molecular complexity index is 742. The summed E-state index contributed by atoms with van der Waals surface area (Å²) >= 11 is 0. The van der Waals surface area contributed by atoms with Crippen LogP contribution in [0.3, 0.4) is 0 Å². The van der Waals surface area contributed by atoms with E-state index in [2.05, 4.69) is 12.1 Å². The summed E-state index contributed by atoms with van der Waals surface area (Å²) in [7, 11) is 1.65. The zero-order valence-corrected chi connectivity index (χ0v) is 13.7. The van der Waals surface area contributed by atoms with Crippen molar-refractivity contribution in [2.75, 3.05) is 12.2 Å². The van der Waals surface area contributed by atoms with Gasteiger partial charge in [0.05, 0.1) is 18.8 Å². The summed E-state index contributed by atoms with van der Waals surface area (Å²) < 4.78 is 5.24. The molecule has 0 spiro atoms. The van der Waals surface area contributed by atoms with Crippen LogP contribution in [0, 0.1) is 0 Å². The van der Waals surface area contributed by atoms with E-state index in [0.29, 0.717) is 6.42 Å². The average Bonchev–Trinajstić information content (AvgIpc) is 2.67. The Hall–Kier alpha value is -2.78. The molecule has 3 aromatic rings. The van der Waals surface area contributed by atoms with Gasteiger partial charge in [0, 0.05) is 0 Å². The van der Waals surface area contributed by atoms with Gasteiger partial charge in [-0.3, -0.25) is 5.21 Å². The molecule has 1 N–H and O–H groups in total. The summed E-state index contributed by atoms with van der Waals surface area (Å²) in [6, 6.07) is 27.5.